The van der Waals surface area contributed by atoms with Gasteiger partial charge in [0.25, 0.3) is 5.91 Å². The van der Waals surface area contributed by atoms with Crippen molar-refractivity contribution in [3.8, 4) is 0 Å². The summed E-state index contributed by atoms with van der Waals surface area (Å²) in [6.45, 7) is 1.03. The van der Waals surface area contributed by atoms with Gasteiger partial charge in [0.2, 0.25) is 0 Å². The van der Waals surface area contributed by atoms with E-state index >= 15 is 0 Å². The SMILES string of the molecule is COCCCN(C)C(=O)c1nc[nH]c1C(=O)O. The number of carbonyl (C=O) groups is 2. The summed E-state index contributed by atoms with van der Waals surface area (Å²) in [5, 5.41) is 8.84. The molecule has 1 aromatic rings. The lowest BCUT2D eigenvalue weighted by Gasteiger charge is -2.15. The fraction of sp³-hybridized carbons (Fsp3) is 0.500. The zero-order chi connectivity index (χ0) is 12.8. The van der Waals surface area contributed by atoms with Crippen LogP contribution in [0.3, 0.4) is 0 Å². The molecule has 0 unspecified atom stereocenters. The predicted molar refractivity (Wildman–Crippen MR) is 59.0 cm³/mol. The van der Waals surface area contributed by atoms with Crippen molar-refractivity contribution in [2.24, 2.45) is 0 Å². The molecule has 0 saturated carbocycles. The Labute approximate surface area is 98.4 Å². The third-order valence-electron chi connectivity index (χ3n) is 2.24. The fourth-order valence-corrected chi connectivity index (χ4v) is 1.35. The number of carbonyl (C=O) groups excluding carboxylic acids is 1. The highest BCUT2D eigenvalue weighted by atomic mass is 16.5. The number of ether oxygens (including phenoxy) is 1. The molecular formula is C10H15N3O4. The van der Waals surface area contributed by atoms with Crippen LogP contribution in [0.5, 0.6) is 0 Å². The smallest absolute Gasteiger partial charge is 0.354 e. The number of aromatic nitrogens is 2. The summed E-state index contributed by atoms with van der Waals surface area (Å²) >= 11 is 0. The summed E-state index contributed by atoms with van der Waals surface area (Å²) in [4.78, 5) is 30.2. The Morgan fingerprint density at radius 2 is 2.29 bits per heavy atom. The monoisotopic (exact) mass is 241 g/mol. The summed E-state index contributed by atoms with van der Waals surface area (Å²) in [5.74, 6) is -1.61. The van der Waals surface area contributed by atoms with Crippen LogP contribution in [0.25, 0.3) is 0 Å². The molecule has 7 heteroatoms. The van der Waals surface area contributed by atoms with Gasteiger partial charge in [-0.15, -0.1) is 0 Å². The number of nitrogens with zero attached hydrogens (tertiary/aromatic N) is 2. The Kier molecular flexibility index (Phi) is 4.65. The van der Waals surface area contributed by atoms with E-state index in [-0.39, 0.29) is 11.4 Å². The number of aromatic carboxylic acids is 1. The molecule has 0 aromatic carbocycles. The van der Waals surface area contributed by atoms with Crippen LogP contribution >= 0.6 is 0 Å². The normalized spacial score (nSPS) is 10.2. The molecule has 0 saturated heterocycles. The van der Waals surface area contributed by atoms with Gasteiger partial charge < -0.3 is 19.7 Å². The Morgan fingerprint density at radius 1 is 1.59 bits per heavy atom. The summed E-state index contributed by atoms with van der Waals surface area (Å²) in [6.07, 6.45) is 1.88. The van der Waals surface area contributed by atoms with Crippen LogP contribution in [-0.2, 0) is 4.74 Å². The number of hydrogen-bond acceptors (Lipinski definition) is 4. The van der Waals surface area contributed by atoms with Gasteiger partial charge >= 0.3 is 5.97 Å². The van der Waals surface area contributed by atoms with Crippen LogP contribution in [0.1, 0.15) is 27.4 Å². The number of H-pyrrole nitrogens is 1. The second-order valence-corrected chi connectivity index (χ2v) is 3.50. The average Bonchev–Trinajstić information content (AvgIpc) is 2.77. The quantitative estimate of drug-likeness (QED) is 0.694. The first kappa shape index (κ1) is 13.2. The maximum absolute atomic E-state index is 11.9. The molecule has 1 aromatic heterocycles. The summed E-state index contributed by atoms with van der Waals surface area (Å²) in [5.41, 5.74) is -0.258. The summed E-state index contributed by atoms with van der Waals surface area (Å²) in [6, 6.07) is 0. The molecule has 0 radical (unpaired) electrons. The van der Waals surface area contributed by atoms with Crippen molar-refractivity contribution in [1.29, 1.82) is 0 Å². The molecule has 0 fully saturated rings. The van der Waals surface area contributed by atoms with E-state index in [1.165, 1.54) is 11.2 Å². The zero-order valence-electron chi connectivity index (χ0n) is 9.77. The third kappa shape index (κ3) is 3.28. The lowest BCUT2D eigenvalue weighted by atomic mass is 10.3. The fourth-order valence-electron chi connectivity index (χ4n) is 1.35. The van der Waals surface area contributed by atoms with Crippen molar-refractivity contribution in [3.05, 3.63) is 17.7 Å². The van der Waals surface area contributed by atoms with Crippen LogP contribution < -0.4 is 0 Å². The lowest BCUT2D eigenvalue weighted by Crippen LogP contribution is -2.30. The van der Waals surface area contributed by atoms with Crippen LogP contribution in [-0.4, -0.2) is 59.2 Å². The van der Waals surface area contributed by atoms with Gasteiger partial charge in [0.15, 0.2) is 11.4 Å². The Bertz CT molecular complexity index is 402. The van der Waals surface area contributed by atoms with Gasteiger partial charge in [-0.25, -0.2) is 9.78 Å². The number of carboxylic acid groups (broad SMARTS) is 1. The van der Waals surface area contributed by atoms with Crippen molar-refractivity contribution in [2.75, 3.05) is 27.3 Å². The van der Waals surface area contributed by atoms with Gasteiger partial charge in [-0.05, 0) is 6.42 Å². The van der Waals surface area contributed by atoms with Gasteiger partial charge in [-0.2, -0.15) is 0 Å². The zero-order valence-corrected chi connectivity index (χ0v) is 9.77. The highest BCUT2D eigenvalue weighted by molar-refractivity contribution is 6.02. The van der Waals surface area contributed by atoms with Crippen LogP contribution in [0, 0.1) is 0 Å². The van der Waals surface area contributed by atoms with E-state index < -0.39 is 11.9 Å². The number of methoxy groups -OCH3 is 1. The Balaban J connectivity index is 2.68. The van der Waals surface area contributed by atoms with Gasteiger partial charge in [-0.1, -0.05) is 0 Å². The molecule has 0 aliphatic carbocycles. The number of hydrogen-bond donors (Lipinski definition) is 2. The van der Waals surface area contributed by atoms with E-state index in [0.29, 0.717) is 19.6 Å². The van der Waals surface area contributed by atoms with Gasteiger partial charge in [0.05, 0.1) is 6.33 Å². The molecule has 0 aliphatic rings. The minimum atomic E-state index is -1.20. The molecular weight excluding hydrogens is 226 g/mol. The molecule has 0 aliphatic heterocycles. The standard InChI is InChI=1S/C10H15N3O4/c1-13(4-3-5-17-2)9(14)7-8(10(15)16)12-6-11-7/h6H,3-5H2,1-2H3,(H,11,12)(H,15,16). The van der Waals surface area contributed by atoms with Crippen molar-refractivity contribution in [3.63, 3.8) is 0 Å². The summed E-state index contributed by atoms with van der Waals surface area (Å²) in [7, 11) is 3.18. The van der Waals surface area contributed by atoms with Crippen LogP contribution in [0.15, 0.2) is 6.33 Å². The van der Waals surface area contributed by atoms with E-state index in [2.05, 4.69) is 9.97 Å². The van der Waals surface area contributed by atoms with Crippen molar-refractivity contribution in [1.82, 2.24) is 14.9 Å². The molecule has 1 heterocycles. The number of imidazole rings is 1. The van der Waals surface area contributed by atoms with Gasteiger partial charge in [0.1, 0.15) is 0 Å². The first-order valence-corrected chi connectivity index (χ1v) is 5.09. The molecule has 0 bridgehead atoms. The predicted octanol–water partition coefficient (Wildman–Crippen LogP) is 0.216. The van der Waals surface area contributed by atoms with Crippen molar-refractivity contribution < 1.29 is 19.4 Å². The molecule has 1 rings (SSSR count). The topological polar surface area (TPSA) is 95.5 Å². The Morgan fingerprint density at radius 3 is 2.88 bits per heavy atom. The second-order valence-electron chi connectivity index (χ2n) is 3.50. The molecule has 0 atom stereocenters. The summed E-state index contributed by atoms with van der Waals surface area (Å²) < 4.78 is 4.87. The number of nitrogens with one attached hydrogen (secondary N) is 1. The Hall–Kier alpha value is -1.89. The lowest BCUT2D eigenvalue weighted by molar-refractivity contribution is 0.0673. The van der Waals surface area contributed by atoms with Gasteiger partial charge in [-0.3, -0.25) is 4.79 Å². The first-order chi connectivity index (χ1) is 8.07. The molecule has 7 nitrogen and oxygen atoms in total. The van der Waals surface area contributed by atoms with E-state index in [1.54, 1.807) is 14.2 Å². The number of carboxylic acids is 1. The maximum Gasteiger partial charge on any atom is 0.354 e. The third-order valence-corrected chi connectivity index (χ3v) is 2.24. The minimum Gasteiger partial charge on any atom is -0.477 e. The number of rotatable bonds is 6. The van der Waals surface area contributed by atoms with E-state index in [4.69, 9.17) is 9.84 Å². The van der Waals surface area contributed by atoms with Gasteiger partial charge in [0, 0.05) is 27.3 Å². The number of amides is 1. The van der Waals surface area contributed by atoms with Crippen LogP contribution in [0.2, 0.25) is 0 Å². The molecule has 2 N–H and O–H groups in total. The van der Waals surface area contributed by atoms with Crippen molar-refractivity contribution in [2.45, 2.75) is 6.42 Å². The van der Waals surface area contributed by atoms with Crippen LogP contribution in [0.4, 0.5) is 0 Å². The van der Waals surface area contributed by atoms with Crippen molar-refractivity contribution >= 4 is 11.9 Å². The van der Waals surface area contributed by atoms with E-state index in [9.17, 15) is 9.59 Å². The maximum atomic E-state index is 11.9. The molecule has 0 spiro atoms. The molecule has 94 valence electrons. The van der Waals surface area contributed by atoms with E-state index in [1.807, 2.05) is 0 Å². The highest BCUT2D eigenvalue weighted by Gasteiger charge is 2.22. The highest BCUT2D eigenvalue weighted by Crippen LogP contribution is 2.06. The largest absolute Gasteiger partial charge is 0.477 e. The van der Waals surface area contributed by atoms with E-state index in [0.717, 1.165) is 0 Å². The second kappa shape index (κ2) is 6.00. The molecule has 1 amide bonds. The minimum absolute atomic E-state index is 0.0718. The molecule has 17 heavy (non-hydrogen) atoms. The number of aromatic amines is 1. The first-order valence-electron chi connectivity index (χ1n) is 5.09. The average molecular weight is 241 g/mol.